The molecule has 0 atom stereocenters. The summed E-state index contributed by atoms with van der Waals surface area (Å²) in [5.41, 5.74) is 1.28. The molecule has 0 aromatic carbocycles. The van der Waals surface area contributed by atoms with Gasteiger partial charge in [-0.3, -0.25) is 4.79 Å². The summed E-state index contributed by atoms with van der Waals surface area (Å²) in [4.78, 5) is 20.4. The van der Waals surface area contributed by atoms with E-state index in [4.69, 9.17) is 0 Å². The molecule has 1 rings (SSSR count). The van der Waals surface area contributed by atoms with Gasteiger partial charge in [0.2, 0.25) is 0 Å². The summed E-state index contributed by atoms with van der Waals surface area (Å²) in [6.07, 6.45) is 5.52. The Morgan fingerprint density at radius 1 is 1.55 bits per heavy atom. The molecule has 0 unspecified atom stereocenters. The number of nitroso groups, excluding NO2 is 1. The number of allylic oxidation sites excluding steroid dienone is 3. The smallest absolute Gasteiger partial charge is 0.263 e. The molecular weight excluding hydrogens is 142 g/mol. The lowest BCUT2D eigenvalue weighted by atomic mass is 10.0. The van der Waals surface area contributed by atoms with Crippen molar-refractivity contribution in [2.45, 2.75) is 6.42 Å². The van der Waals surface area contributed by atoms with E-state index >= 15 is 0 Å². The van der Waals surface area contributed by atoms with Gasteiger partial charge in [-0.2, -0.15) is 0 Å². The molecule has 3 heteroatoms. The Morgan fingerprint density at radius 2 is 2.27 bits per heavy atom. The van der Waals surface area contributed by atoms with E-state index in [9.17, 15) is 9.70 Å². The van der Waals surface area contributed by atoms with E-state index in [0.29, 0.717) is 12.0 Å². The molecule has 0 fully saturated rings. The zero-order valence-corrected chi connectivity index (χ0v) is 5.91. The highest BCUT2D eigenvalue weighted by atomic mass is 16.3. The van der Waals surface area contributed by atoms with Crippen molar-refractivity contribution in [1.82, 2.24) is 0 Å². The highest BCUT2D eigenvalue weighted by Gasteiger charge is 2.08. The van der Waals surface area contributed by atoms with Crippen LogP contribution in [0, 0.1) is 4.91 Å². The molecule has 3 nitrogen and oxygen atoms in total. The van der Waals surface area contributed by atoms with Crippen LogP contribution in [0.3, 0.4) is 0 Å². The van der Waals surface area contributed by atoms with Crippen molar-refractivity contribution >= 4 is 5.91 Å². The van der Waals surface area contributed by atoms with E-state index in [1.807, 2.05) is 0 Å². The molecule has 0 heterocycles. The van der Waals surface area contributed by atoms with Crippen LogP contribution in [0.2, 0.25) is 0 Å². The van der Waals surface area contributed by atoms with Crippen molar-refractivity contribution in [3.05, 3.63) is 40.9 Å². The molecular formula is C8H7NO2. The van der Waals surface area contributed by atoms with Gasteiger partial charge >= 0.3 is 5.91 Å². The predicted octanol–water partition coefficient (Wildman–Crippen LogP) is 1.72. The minimum Gasteiger partial charge on any atom is -0.263 e. The fraction of sp³-hybridized carbons (Fsp3) is 0.125. The maximum Gasteiger partial charge on any atom is 0.316 e. The van der Waals surface area contributed by atoms with Crippen molar-refractivity contribution < 1.29 is 4.79 Å². The highest BCUT2D eigenvalue weighted by molar-refractivity contribution is 5.97. The van der Waals surface area contributed by atoms with Crippen LogP contribution >= 0.6 is 0 Å². The second kappa shape index (κ2) is 3.05. The summed E-state index contributed by atoms with van der Waals surface area (Å²) < 4.78 is 0. The SMILES string of the molecule is C=C1C=CC(C(=O)N=O)=CC1. The Labute approximate surface area is 64.1 Å². The van der Waals surface area contributed by atoms with E-state index in [-0.39, 0.29) is 0 Å². The van der Waals surface area contributed by atoms with E-state index in [1.54, 1.807) is 18.2 Å². The molecule has 1 amide bonds. The fourth-order valence-corrected chi connectivity index (χ4v) is 0.796. The first-order valence-corrected chi connectivity index (χ1v) is 3.18. The van der Waals surface area contributed by atoms with Crippen LogP contribution < -0.4 is 0 Å². The molecule has 0 spiro atoms. The molecule has 0 aromatic rings. The number of nitrogens with zero attached hydrogens (tertiary/aromatic N) is 1. The number of carbonyl (C=O) groups excluding carboxylic acids is 1. The lowest BCUT2D eigenvalue weighted by Crippen LogP contribution is -1.97. The number of hydrogen-bond acceptors (Lipinski definition) is 2. The Balaban J connectivity index is 2.78. The molecule has 0 bridgehead atoms. The van der Waals surface area contributed by atoms with Crippen molar-refractivity contribution in [3.8, 4) is 0 Å². The van der Waals surface area contributed by atoms with Crippen LogP contribution in [0.1, 0.15) is 6.42 Å². The standard InChI is InChI=1S/C8H7NO2/c1-6-2-4-7(5-3-6)8(10)9-11/h2,4-5H,1,3H2. The lowest BCUT2D eigenvalue weighted by Gasteiger charge is -2.02. The summed E-state index contributed by atoms with van der Waals surface area (Å²) >= 11 is 0. The van der Waals surface area contributed by atoms with E-state index < -0.39 is 5.91 Å². The molecule has 0 N–H and O–H groups in total. The molecule has 0 aromatic heterocycles. The number of amides is 1. The van der Waals surface area contributed by atoms with Gasteiger partial charge in [0.15, 0.2) is 0 Å². The molecule has 0 radical (unpaired) electrons. The van der Waals surface area contributed by atoms with Gasteiger partial charge in [0.05, 0.1) is 0 Å². The normalized spacial score (nSPS) is 16.0. The third-order valence-corrected chi connectivity index (χ3v) is 1.41. The average molecular weight is 149 g/mol. The van der Waals surface area contributed by atoms with Gasteiger partial charge in [-0.05, 0) is 12.5 Å². The molecule has 0 aliphatic heterocycles. The van der Waals surface area contributed by atoms with Gasteiger partial charge in [0.25, 0.3) is 0 Å². The van der Waals surface area contributed by atoms with Crippen molar-refractivity contribution in [2.75, 3.05) is 0 Å². The van der Waals surface area contributed by atoms with Gasteiger partial charge < -0.3 is 0 Å². The van der Waals surface area contributed by atoms with Gasteiger partial charge in [-0.1, -0.05) is 24.3 Å². The van der Waals surface area contributed by atoms with Gasteiger partial charge in [-0.25, -0.2) is 0 Å². The van der Waals surface area contributed by atoms with Crippen LogP contribution in [0.15, 0.2) is 41.1 Å². The fourth-order valence-electron chi connectivity index (χ4n) is 0.796. The zero-order chi connectivity index (χ0) is 8.27. The van der Waals surface area contributed by atoms with Crippen molar-refractivity contribution in [2.24, 2.45) is 5.18 Å². The Hall–Kier alpha value is -1.51. The topological polar surface area (TPSA) is 46.5 Å². The van der Waals surface area contributed by atoms with Crippen LogP contribution in [0.5, 0.6) is 0 Å². The van der Waals surface area contributed by atoms with Gasteiger partial charge in [0.1, 0.15) is 0 Å². The molecule has 1 aliphatic carbocycles. The van der Waals surface area contributed by atoms with Crippen LogP contribution in [0.4, 0.5) is 0 Å². The quantitative estimate of drug-likeness (QED) is 0.533. The Bertz CT molecular complexity index is 274. The summed E-state index contributed by atoms with van der Waals surface area (Å²) in [5.74, 6) is -0.714. The first-order chi connectivity index (χ1) is 5.24. The zero-order valence-electron chi connectivity index (χ0n) is 5.91. The molecule has 0 saturated carbocycles. The highest BCUT2D eigenvalue weighted by Crippen LogP contribution is 2.14. The molecule has 0 saturated heterocycles. The molecule has 1 aliphatic rings. The Morgan fingerprint density at radius 3 is 2.73 bits per heavy atom. The largest absolute Gasteiger partial charge is 0.316 e. The number of hydrogen-bond donors (Lipinski definition) is 0. The summed E-state index contributed by atoms with van der Waals surface area (Å²) in [5, 5.41) is 2.30. The van der Waals surface area contributed by atoms with Gasteiger partial charge in [-0.15, -0.1) is 4.91 Å². The van der Waals surface area contributed by atoms with E-state index in [0.717, 1.165) is 5.57 Å². The predicted molar refractivity (Wildman–Crippen MR) is 41.8 cm³/mol. The molecule has 56 valence electrons. The van der Waals surface area contributed by atoms with E-state index in [2.05, 4.69) is 11.8 Å². The van der Waals surface area contributed by atoms with Crippen molar-refractivity contribution in [3.63, 3.8) is 0 Å². The molecule has 11 heavy (non-hydrogen) atoms. The monoisotopic (exact) mass is 149 g/mol. The minimum absolute atomic E-state index is 0.354. The van der Waals surface area contributed by atoms with Crippen LogP contribution in [0.25, 0.3) is 0 Å². The summed E-state index contributed by atoms with van der Waals surface area (Å²) in [6.45, 7) is 3.68. The third kappa shape index (κ3) is 1.70. The summed E-state index contributed by atoms with van der Waals surface area (Å²) in [7, 11) is 0. The van der Waals surface area contributed by atoms with Crippen molar-refractivity contribution in [1.29, 1.82) is 0 Å². The lowest BCUT2D eigenvalue weighted by molar-refractivity contribution is -0.114. The first-order valence-electron chi connectivity index (χ1n) is 3.18. The summed E-state index contributed by atoms with van der Waals surface area (Å²) in [6, 6.07) is 0. The van der Waals surface area contributed by atoms with E-state index in [1.165, 1.54) is 0 Å². The maximum atomic E-state index is 10.6. The first kappa shape index (κ1) is 7.60. The maximum absolute atomic E-state index is 10.6. The number of carbonyl (C=O) groups is 1. The third-order valence-electron chi connectivity index (χ3n) is 1.41. The van der Waals surface area contributed by atoms with Gasteiger partial charge in [0, 0.05) is 10.7 Å². The minimum atomic E-state index is -0.714. The average Bonchev–Trinajstić information content (AvgIpc) is 2.05. The second-order valence-corrected chi connectivity index (χ2v) is 2.25. The second-order valence-electron chi connectivity index (χ2n) is 2.25. The van der Waals surface area contributed by atoms with Crippen LogP contribution in [-0.2, 0) is 4.79 Å². The Kier molecular flexibility index (Phi) is 2.11. The van der Waals surface area contributed by atoms with Crippen LogP contribution in [-0.4, -0.2) is 5.91 Å². The number of rotatable bonds is 1.